The lowest BCUT2D eigenvalue weighted by Gasteiger charge is -2.13. The number of alkyl halides is 3. The number of esters is 1. The van der Waals surface area contributed by atoms with Crippen LogP contribution in [0, 0.1) is 0 Å². The van der Waals surface area contributed by atoms with E-state index in [1.807, 2.05) is 0 Å². The summed E-state index contributed by atoms with van der Waals surface area (Å²) in [5.41, 5.74) is 0. The Hall–Kier alpha value is -0.670. The minimum Gasteiger partial charge on any atom is -0.463 e. The maximum atomic E-state index is 11.6. The number of rotatable bonds is 5. The van der Waals surface area contributed by atoms with Crippen LogP contribution in [0.2, 0.25) is 0 Å². The molecule has 2 atom stereocenters. The molecule has 0 aromatic heterocycles. The van der Waals surface area contributed by atoms with Gasteiger partial charge in [-0.2, -0.15) is 0 Å². The van der Waals surface area contributed by atoms with Gasteiger partial charge in [0.1, 0.15) is 6.61 Å². The summed E-state index contributed by atoms with van der Waals surface area (Å²) in [5.74, 6) is -1.59. The Morgan fingerprint density at radius 2 is 2.07 bits per heavy atom. The first-order valence-electron chi connectivity index (χ1n) is 3.71. The Labute approximate surface area is 85.8 Å². The molecule has 0 saturated heterocycles. The summed E-state index contributed by atoms with van der Waals surface area (Å²) in [6.45, 7) is 0.430. The number of hydrogen-bond acceptors (Lipinski definition) is 4. The molecule has 9 heteroatoms. The number of halogens is 3. The number of ether oxygens (including phenoxy) is 2. The Morgan fingerprint density at radius 3 is 2.47 bits per heavy atom. The summed E-state index contributed by atoms with van der Waals surface area (Å²) >= 11 is -2.15. The predicted molar refractivity (Wildman–Crippen MR) is 43.2 cm³/mol. The van der Waals surface area contributed by atoms with Crippen molar-refractivity contribution in [1.29, 1.82) is 0 Å². The molecule has 90 valence electrons. The summed E-state index contributed by atoms with van der Waals surface area (Å²) in [7, 11) is 0. The zero-order valence-electron chi connectivity index (χ0n) is 7.61. The third-order valence-electron chi connectivity index (χ3n) is 1.14. The van der Waals surface area contributed by atoms with Crippen molar-refractivity contribution in [2.24, 2.45) is 0 Å². The van der Waals surface area contributed by atoms with Crippen molar-refractivity contribution in [2.75, 3.05) is 12.4 Å². The normalized spacial score (nSPS) is 15.8. The van der Waals surface area contributed by atoms with Crippen LogP contribution in [0.3, 0.4) is 0 Å². The summed E-state index contributed by atoms with van der Waals surface area (Å²) < 4.78 is 60.7. The van der Waals surface area contributed by atoms with Gasteiger partial charge in [0.25, 0.3) is 0 Å². The van der Waals surface area contributed by atoms with E-state index in [0.29, 0.717) is 0 Å². The number of carbonyl (C=O) groups is 1. The second kappa shape index (κ2) is 6.03. The zero-order chi connectivity index (χ0) is 12.1. The second-order valence-corrected chi connectivity index (χ2v) is 3.45. The van der Waals surface area contributed by atoms with Gasteiger partial charge in [-0.05, 0) is 6.92 Å². The summed E-state index contributed by atoms with van der Waals surface area (Å²) in [6, 6.07) is 0. The minimum atomic E-state index is -4.92. The average molecular weight is 250 g/mol. The van der Waals surface area contributed by atoms with Crippen molar-refractivity contribution < 1.29 is 36.2 Å². The van der Waals surface area contributed by atoms with Gasteiger partial charge in [0.2, 0.25) is 0 Å². The molecule has 0 aliphatic carbocycles. The maximum absolute atomic E-state index is 11.6. The van der Waals surface area contributed by atoms with E-state index >= 15 is 0 Å². The van der Waals surface area contributed by atoms with Gasteiger partial charge in [0.05, 0.1) is 5.75 Å². The third-order valence-corrected chi connectivity index (χ3v) is 1.66. The van der Waals surface area contributed by atoms with Crippen LogP contribution in [-0.2, 0) is 25.3 Å². The van der Waals surface area contributed by atoms with E-state index in [0.717, 1.165) is 6.92 Å². The quantitative estimate of drug-likeness (QED) is 0.573. The molecule has 0 aliphatic rings. The Morgan fingerprint density at radius 1 is 1.53 bits per heavy atom. The number of carbonyl (C=O) groups excluding carboxylic acids is 1. The molecule has 5 nitrogen and oxygen atoms in total. The molecule has 0 aliphatic heterocycles. The lowest BCUT2D eigenvalue weighted by Crippen LogP contribution is -2.30. The van der Waals surface area contributed by atoms with Gasteiger partial charge < -0.3 is 9.29 Å². The van der Waals surface area contributed by atoms with Gasteiger partial charge >= 0.3 is 12.3 Å². The van der Waals surface area contributed by atoms with Gasteiger partial charge in [-0.15, -0.1) is 13.2 Å². The topological polar surface area (TPSA) is 72.8 Å². The molecule has 0 radical (unpaired) electrons. The maximum Gasteiger partial charge on any atom is 0.523 e. The van der Waals surface area contributed by atoms with E-state index in [9.17, 15) is 22.2 Å². The molecule has 15 heavy (non-hydrogen) atoms. The van der Waals surface area contributed by atoms with Crippen LogP contribution in [0.15, 0.2) is 0 Å². The first kappa shape index (κ1) is 14.3. The zero-order valence-corrected chi connectivity index (χ0v) is 8.43. The molecule has 0 spiro atoms. The van der Waals surface area contributed by atoms with Gasteiger partial charge in [-0.3, -0.25) is 4.74 Å². The molecule has 0 aromatic rings. The largest absolute Gasteiger partial charge is 0.523 e. The molecule has 0 heterocycles. The van der Waals surface area contributed by atoms with Crippen LogP contribution >= 0.6 is 0 Å². The highest BCUT2D eigenvalue weighted by Gasteiger charge is 2.35. The molecular formula is C6H9F3O5S. The monoisotopic (exact) mass is 250 g/mol. The van der Waals surface area contributed by atoms with E-state index in [2.05, 4.69) is 9.47 Å². The molecule has 0 fully saturated rings. The van der Waals surface area contributed by atoms with Crippen molar-refractivity contribution in [3.05, 3.63) is 0 Å². The number of hydrogen-bond donors (Lipinski definition) is 1. The molecule has 0 amide bonds. The summed E-state index contributed by atoms with van der Waals surface area (Å²) in [4.78, 5) is 10.8. The van der Waals surface area contributed by atoms with Gasteiger partial charge in [0, 0.05) is 0 Å². The summed E-state index contributed by atoms with van der Waals surface area (Å²) in [6.07, 6.45) is -6.71. The second-order valence-electron chi connectivity index (χ2n) is 2.40. The van der Waals surface area contributed by atoms with E-state index in [4.69, 9.17) is 4.55 Å². The van der Waals surface area contributed by atoms with Gasteiger partial charge in [-0.1, -0.05) is 0 Å². The van der Waals surface area contributed by atoms with Gasteiger partial charge in [-0.25, -0.2) is 9.00 Å². The Balaban J connectivity index is 3.85. The molecule has 0 saturated carbocycles. The fourth-order valence-electron chi connectivity index (χ4n) is 0.579. The standard InChI is InChI=1S/C6H9F3O5S/c1-4(14-6(7,8)9)5(10)13-2-3-15(11)12/h4H,2-3H2,1H3,(H,11,12). The van der Waals surface area contributed by atoms with Crippen molar-refractivity contribution in [3.63, 3.8) is 0 Å². The minimum absolute atomic E-state index is 0.357. The van der Waals surface area contributed by atoms with E-state index in [1.165, 1.54) is 0 Å². The van der Waals surface area contributed by atoms with E-state index < -0.39 is 36.1 Å². The van der Waals surface area contributed by atoms with Crippen molar-refractivity contribution in [2.45, 2.75) is 19.4 Å². The van der Waals surface area contributed by atoms with Crippen molar-refractivity contribution in [1.82, 2.24) is 0 Å². The smallest absolute Gasteiger partial charge is 0.463 e. The van der Waals surface area contributed by atoms with Crippen LogP contribution in [0.25, 0.3) is 0 Å². The van der Waals surface area contributed by atoms with Crippen LogP contribution in [0.4, 0.5) is 13.2 Å². The predicted octanol–water partition coefficient (Wildman–Crippen LogP) is 0.676. The van der Waals surface area contributed by atoms with Crippen LogP contribution < -0.4 is 0 Å². The first-order chi connectivity index (χ1) is 6.72. The Kier molecular flexibility index (Phi) is 5.76. The molecule has 0 bridgehead atoms. The molecule has 1 N–H and O–H groups in total. The van der Waals surface area contributed by atoms with Crippen molar-refractivity contribution in [3.8, 4) is 0 Å². The SMILES string of the molecule is CC(OC(F)(F)F)C(=O)OCCS(=O)O. The molecule has 0 rings (SSSR count). The Bertz CT molecular complexity index is 241. The first-order valence-corrected chi connectivity index (χ1v) is 4.98. The van der Waals surface area contributed by atoms with Crippen molar-refractivity contribution >= 4 is 17.0 Å². The molecule has 2 unspecified atom stereocenters. The average Bonchev–Trinajstić information content (AvgIpc) is 1.99. The highest BCUT2D eigenvalue weighted by atomic mass is 32.2. The molecule has 0 aromatic carbocycles. The van der Waals surface area contributed by atoms with Crippen LogP contribution in [0.1, 0.15) is 6.92 Å². The van der Waals surface area contributed by atoms with E-state index in [1.54, 1.807) is 0 Å². The highest BCUT2D eigenvalue weighted by Crippen LogP contribution is 2.18. The van der Waals surface area contributed by atoms with Gasteiger partial charge in [0.15, 0.2) is 17.2 Å². The van der Waals surface area contributed by atoms with Crippen LogP contribution in [-0.4, -0.2) is 39.6 Å². The molecular weight excluding hydrogens is 241 g/mol. The summed E-state index contributed by atoms with van der Waals surface area (Å²) in [5, 5.41) is 0. The fourth-order valence-corrected chi connectivity index (χ4v) is 0.805. The van der Waals surface area contributed by atoms with Crippen LogP contribution in [0.5, 0.6) is 0 Å². The lowest BCUT2D eigenvalue weighted by atomic mass is 10.4. The fraction of sp³-hybridized carbons (Fsp3) is 0.833. The highest BCUT2D eigenvalue weighted by molar-refractivity contribution is 7.79. The third kappa shape index (κ3) is 8.33. The van der Waals surface area contributed by atoms with E-state index in [-0.39, 0.29) is 5.75 Å². The lowest BCUT2D eigenvalue weighted by molar-refractivity contribution is -0.337.